The van der Waals surface area contributed by atoms with E-state index < -0.39 is 11.9 Å². The minimum atomic E-state index is -4.51. The molecule has 0 spiro atoms. The Hall–Kier alpha value is -2.29. The molecule has 0 fully saturated rings. The third kappa shape index (κ3) is 5.12. The molecule has 2 aromatic rings. The van der Waals surface area contributed by atoms with Gasteiger partial charge in [0.25, 0.3) is 0 Å². The Morgan fingerprint density at radius 3 is 2.75 bits per heavy atom. The first-order valence-electron chi connectivity index (χ1n) is 6.86. The Morgan fingerprint density at radius 2 is 2.04 bits per heavy atom. The van der Waals surface area contributed by atoms with Crippen molar-refractivity contribution in [2.75, 3.05) is 18.2 Å². The van der Waals surface area contributed by atoms with Gasteiger partial charge in [0.1, 0.15) is 11.4 Å². The van der Waals surface area contributed by atoms with Crippen LogP contribution in [0, 0.1) is 0 Å². The number of amides is 1. The first-order valence-corrected chi connectivity index (χ1v) is 7.84. The molecule has 1 aromatic carbocycles. The molecule has 2 rings (SSSR count). The van der Waals surface area contributed by atoms with E-state index >= 15 is 0 Å². The molecule has 24 heavy (non-hydrogen) atoms. The molecule has 0 aliphatic rings. The van der Waals surface area contributed by atoms with Gasteiger partial charge >= 0.3 is 6.18 Å². The summed E-state index contributed by atoms with van der Waals surface area (Å²) >= 11 is 0.985. The van der Waals surface area contributed by atoms with Crippen molar-refractivity contribution in [1.82, 2.24) is 9.97 Å². The number of thioether (sulfide) groups is 1. The van der Waals surface area contributed by atoms with Crippen molar-refractivity contribution < 1.29 is 22.7 Å². The van der Waals surface area contributed by atoms with Crippen molar-refractivity contribution >= 4 is 23.4 Å². The van der Waals surface area contributed by atoms with E-state index in [9.17, 15) is 18.0 Å². The topological polar surface area (TPSA) is 64.1 Å². The van der Waals surface area contributed by atoms with Gasteiger partial charge in [-0.3, -0.25) is 4.79 Å². The number of hydrogen-bond donors (Lipinski definition) is 1. The Balaban J connectivity index is 1.87. The van der Waals surface area contributed by atoms with Gasteiger partial charge in [0.2, 0.25) is 5.91 Å². The summed E-state index contributed by atoms with van der Waals surface area (Å²) < 4.78 is 42.8. The zero-order valence-electron chi connectivity index (χ0n) is 12.6. The average Bonchev–Trinajstić information content (AvgIpc) is 2.55. The molecule has 1 amide bonds. The van der Waals surface area contributed by atoms with E-state index in [1.165, 1.54) is 7.11 Å². The maximum absolute atomic E-state index is 12.6. The van der Waals surface area contributed by atoms with E-state index in [1.807, 2.05) is 0 Å². The number of carbonyl (C=O) groups excluding carboxylic acids is 1. The van der Waals surface area contributed by atoms with Crippen molar-refractivity contribution in [3.63, 3.8) is 0 Å². The number of methoxy groups -OCH3 is 1. The highest BCUT2D eigenvalue weighted by atomic mass is 32.2. The van der Waals surface area contributed by atoms with Crippen LogP contribution in [0.2, 0.25) is 0 Å². The lowest BCUT2D eigenvalue weighted by molar-refractivity contribution is -0.141. The highest BCUT2D eigenvalue weighted by Crippen LogP contribution is 2.28. The third-order valence-electron chi connectivity index (χ3n) is 2.87. The monoisotopic (exact) mass is 357 g/mol. The smallest absolute Gasteiger partial charge is 0.433 e. The van der Waals surface area contributed by atoms with Crippen molar-refractivity contribution in [2.45, 2.75) is 17.8 Å². The van der Waals surface area contributed by atoms with Crippen LogP contribution in [0.5, 0.6) is 5.75 Å². The molecule has 0 aliphatic carbocycles. The maximum atomic E-state index is 12.6. The van der Waals surface area contributed by atoms with Crippen LogP contribution in [0.1, 0.15) is 12.1 Å². The number of nitrogens with one attached hydrogen (secondary N) is 1. The van der Waals surface area contributed by atoms with E-state index in [4.69, 9.17) is 4.74 Å². The molecule has 0 saturated carbocycles. The van der Waals surface area contributed by atoms with E-state index in [2.05, 4.69) is 15.3 Å². The number of rotatable bonds is 6. The fraction of sp³-hybridized carbons (Fsp3) is 0.267. The van der Waals surface area contributed by atoms with Gasteiger partial charge in [-0.05, 0) is 18.2 Å². The van der Waals surface area contributed by atoms with Gasteiger partial charge in [0.05, 0.1) is 12.8 Å². The number of ether oxygens (including phenoxy) is 1. The van der Waals surface area contributed by atoms with Crippen molar-refractivity contribution in [3.8, 4) is 5.75 Å². The SMILES string of the molecule is COc1ccccc1NC(=O)CCSc1nccc(C(F)(F)F)n1. The Bertz CT molecular complexity index is 710. The summed E-state index contributed by atoms with van der Waals surface area (Å²) in [7, 11) is 1.49. The van der Waals surface area contributed by atoms with Crippen molar-refractivity contribution in [1.29, 1.82) is 0 Å². The minimum Gasteiger partial charge on any atom is -0.495 e. The van der Waals surface area contributed by atoms with Crippen molar-refractivity contribution in [2.24, 2.45) is 0 Å². The van der Waals surface area contributed by atoms with E-state index in [-0.39, 0.29) is 23.2 Å². The molecule has 1 heterocycles. The fourth-order valence-electron chi connectivity index (χ4n) is 1.76. The lowest BCUT2D eigenvalue weighted by Gasteiger charge is -2.09. The van der Waals surface area contributed by atoms with Crippen LogP contribution in [0.3, 0.4) is 0 Å². The molecule has 0 saturated heterocycles. The summed E-state index contributed by atoms with van der Waals surface area (Å²) in [6.07, 6.45) is -3.37. The van der Waals surface area contributed by atoms with Gasteiger partial charge in [-0.1, -0.05) is 23.9 Å². The molecule has 1 aromatic heterocycles. The second-order valence-electron chi connectivity index (χ2n) is 4.57. The predicted octanol–water partition coefficient (Wildman–Crippen LogP) is 3.62. The van der Waals surface area contributed by atoms with E-state index in [1.54, 1.807) is 24.3 Å². The van der Waals surface area contributed by atoms with Gasteiger partial charge < -0.3 is 10.1 Å². The highest BCUT2D eigenvalue weighted by Gasteiger charge is 2.32. The maximum Gasteiger partial charge on any atom is 0.433 e. The van der Waals surface area contributed by atoms with E-state index in [0.29, 0.717) is 11.4 Å². The Kier molecular flexibility index (Phi) is 6.02. The zero-order chi connectivity index (χ0) is 17.6. The number of aromatic nitrogens is 2. The second kappa shape index (κ2) is 8.00. The van der Waals surface area contributed by atoms with Crippen LogP contribution in [0.15, 0.2) is 41.7 Å². The zero-order valence-corrected chi connectivity index (χ0v) is 13.4. The van der Waals surface area contributed by atoms with Gasteiger partial charge in [-0.25, -0.2) is 9.97 Å². The Labute approximate surface area is 140 Å². The van der Waals surface area contributed by atoms with Gasteiger partial charge in [0, 0.05) is 18.4 Å². The minimum absolute atomic E-state index is 0.0186. The van der Waals surface area contributed by atoms with Crippen LogP contribution >= 0.6 is 11.8 Å². The summed E-state index contributed by atoms with van der Waals surface area (Å²) in [6, 6.07) is 7.73. The predicted molar refractivity (Wildman–Crippen MR) is 84.0 cm³/mol. The van der Waals surface area contributed by atoms with Gasteiger partial charge in [-0.15, -0.1) is 0 Å². The molecular weight excluding hydrogens is 343 g/mol. The molecule has 5 nitrogen and oxygen atoms in total. The standard InChI is InChI=1S/C15H14F3N3O2S/c1-23-11-5-3-2-4-10(11)20-13(22)7-9-24-14-19-8-6-12(21-14)15(16,17)18/h2-6,8H,7,9H2,1H3,(H,20,22). The van der Waals surface area contributed by atoms with Gasteiger partial charge in [-0.2, -0.15) is 13.2 Å². The molecular formula is C15H14F3N3O2S. The molecule has 1 N–H and O–H groups in total. The van der Waals surface area contributed by atoms with E-state index in [0.717, 1.165) is 24.0 Å². The number of alkyl halides is 3. The van der Waals surface area contributed by atoms with Crippen LogP contribution in [0.4, 0.5) is 18.9 Å². The first-order chi connectivity index (χ1) is 11.4. The summed E-state index contributed by atoms with van der Waals surface area (Å²) in [4.78, 5) is 19.1. The number of hydrogen-bond acceptors (Lipinski definition) is 5. The molecule has 128 valence electrons. The number of carbonyl (C=O) groups is 1. The largest absolute Gasteiger partial charge is 0.495 e. The first kappa shape index (κ1) is 18.1. The van der Waals surface area contributed by atoms with Crippen LogP contribution in [0.25, 0.3) is 0 Å². The lowest BCUT2D eigenvalue weighted by Crippen LogP contribution is -2.13. The lowest BCUT2D eigenvalue weighted by atomic mass is 10.3. The summed E-state index contributed by atoms with van der Waals surface area (Å²) in [5.74, 6) is 0.501. The summed E-state index contributed by atoms with van der Waals surface area (Å²) in [5.41, 5.74) is -0.469. The number of para-hydroxylation sites is 2. The molecule has 0 bridgehead atoms. The summed E-state index contributed by atoms with van der Waals surface area (Å²) in [6.45, 7) is 0. The molecule has 0 atom stereocenters. The third-order valence-corrected chi connectivity index (χ3v) is 3.73. The molecule has 9 heteroatoms. The number of benzene rings is 1. The molecule has 0 unspecified atom stereocenters. The van der Waals surface area contributed by atoms with Crippen LogP contribution in [-0.4, -0.2) is 28.7 Å². The average molecular weight is 357 g/mol. The number of anilines is 1. The number of nitrogens with zero attached hydrogens (tertiary/aromatic N) is 2. The van der Waals surface area contributed by atoms with Crippen molar-refractivity contribution in [3.05, 3.63) is 42.2 Å². The number of halogens is 3. The molecule has 0 aliphatic heterocycles. The molecule has 0 radical (unpaired) electrons. The Morgan fingerprint density at radius 1 is 1.29 bits per heavy atom. The fourth-order valence-corrected chi connectivity index (χ4v) is 2.53. The summed E-state index contributed by atoms with van der Waals surface area (Å²) in [5, 5.41) is 2.67. The second-order valence-corrected chi connectivity index (χ2v) is 5.63. The van der Waals surface area contributed by atoms with Crippen LogP contribution < -0.4 is 10.1 Å². The van der Waals surface area contributed by atoms with Crippen LogP contribution in [-0.2, 0) is 11.0 Å². The van der Waals surface area contributed by atoms with Gasteiger partial charge in [0.15, 0.2) is 5.16 Å². The quantitative estimate of drug-likeness (QED) is 0.632. The normalized spacial score (nSPS) is 11.2. The highest BCUT2D eigenvalue weighted by molar-refractivity contribution is 7.99.